The number of nitrogens with zero attached hydrogens (tertiary/aromatic N) is 5. The number of aliphatic hydroxyl groups excluding tert-OH is 1. The number of carbonyl (C=O) groups is 2. The van der Waals surface area contributed by atoms with Crippen molar-refractivity contribution in [3.63, 3.8) is 0 Å². The molecule has 0 spiro atoms. The quantitative estimate of drug-likeness (QED) is 0.0897. The zero-order chi connectivity index (χ0) is 32.5. The van der Waals surface area contributed by atoms with Crippen molar-refractivity contribution in [3.05, 3.63) is 71.5 Å². The van der Waals surface area contributed by atoms with Gasteiger partial charge < -0.3 is 14.7 Å². The SMILES string of the molecule is C=CC(=C)C(CO)C(=O)Nc1nnc(CCCCc2nnc(NC(=O)C(COC(=C)CCN(CC)CC)/C(C=C)=C/C)s2)s1. The highest BCUT2D eigenvalue weighted by atomic mass is 32.1. The molecule has 11 nitrogen and oxygen atoms in total. The van der Waals surface area contributed by atoms with Crippen LogP contribution in [-0.4, -0.2) is 75.1 Å². The Balaban J connectivity index is 1.84. The van der Waals surface area contributed by atoms with Gasteiger partial charge in [0.25, 0.3) is 0 Å². The van der Waals surface area contributed by atoms with Crippen LogP contribution in [0.15, 0.2) is 61.4 Å². The molecule has 2 atom stereocenters. The van der Waals surface area contributed by atoms with Gasteiger partial charge in [-0.1, -0.05) is 81.1 Å². The van der Waals surface area contributed by atoms with E-state index in [-0.39, 0.29) is 19.1 Å². The number of hydrogen-bond donors (Lipinski definition) is 3. The number of allylic oxidation sites excluding steroid dienone is 3. The van der Waals surface area contributed by atoms with Crippen LogP contribution in [0.2, 0.25) is 0 Å². The van der Waals surface area contributed by atoms with E-state index in [4.69, 9.17) is 4.74 Å². The van der Waals surface area contributed by atoms with Crippen molar-refractivity contribution in [2.24, 2.45) is 11.8 Å². The Labute approximate surface area is 268 Å². The average Bonchev–Trinajstić information content (AvgIpc) is 3.66. The van der Waals surface area contributed by atoms with Crippen molar-refractivity contribution in [3.8, 4) is 0 Å². The average molecular weight is 644 g/mol. The Bertz CT molecular complexity index is 1300. The maximum absolute atomic E-state index is 13.2. The smallest absolute Gasteiger partial charge is 0.237 e. The molecule has 0 saturated carbocycles. The fraction of sp³-hybridized carbons (Fsp3) is 0.484. The van der Waals surface area contributed by atoms with Gasteiger partial charge in [-0.25, -0.2) is 0 Å². The van der Waals surface area contributed by atoms with Crippen LogP contribution in [-0.2, 0) is 27.2 Å². The van der Waals surface area contributed by atoms with Crippen LogP contribution in [0.25, 0.3) is 0 Å². The molecule has 3 N–H and O–H groups in total. The number of nitrogens with one attached hydrogen (secondary N) is 2. The van der Waals surface area contributed by atoms with Gasteiger partial charge in [-0.05, 0) is 44.0 Å². The Morgan fingerprint density at radius 3 is 1.93 bits per heavy atom. The van der Waals surface area contributed by atoms with Crippen molar-refractivity contribution < 1.29 is 19.4 Å². The van der Waals surface area contributed by atoms with E-state index < -0.39 is 17.7 Å². The van der Waals surface area contributed by atoms with Crippen molar-refractivity contribution in [2.45, 2.75) is 52.9 Å². The molecule has 0 bridgehead atoms. The van der Waals surface area contributed by atoms with Gasteiger partial charge in [0.1, 0.15) is 16.6 Å². The molecular weight excluding hydrogens is 599 g/mol. The lowest BCUT2D eigenvalue weighted by atomic mass is 9.98. The maximum Gasteiger partial charge on any atom is 0.237 e. The fourth-order valence-corrected chi connectivity index (χ4v) is 5.71. The summed E-state index contributed by atoms with van der Waals surface area (Å²) in [5.41, 5.74) is 1.20. The Morgan fingerprint density at radius 2 is 1.48 bits per heavy atom. The summed E-state index contributed by atoms with van der Waals surface area (Å²) in [7, 11) is 0. The summed E-state index contributed by atoms with van der Waals surface area (Å²) in [6, 6.07) is 0. The Kier molecular flexibility index (Phi) is 16.4. The monoisotopic (exact) mass is 643 g/mol. The summed E-state index contributed by atoms with van der Waals surface area (Å²) in [6.07, 6.45) is 8.72. The predicted octanol–water partition coefficient (Wildman–Crippen LogP) is 5.19. The van der Waals surface area contributed by atoms with Gasteiger partial charge in [0, 0.05) is 25.8 Å². The largest absolute Gasteiger partial charge is 0.497 e. The van der Waals surface area contributed by atoms with Crippen molar-refractivity contribution in [1.82, 2.24) is 25.3 Å². The molecule has 0 fully saturated rings. The first-order valence-electron chi connectivity index (χ1n) is 14.7. The minimum Gasteiger partial charge on any atom is -0.497 e. The number of amides is 2. The summed E-state index contributed by atoms with van der Waals surface area (Å²) in [4.78, 5) is 27.9. The van der Waals surface area contributed by atoms with Crippen molar-refractivity contribution >= 4 is 44.8 Å². The predicted molar refractivity (Wildman–Crippen MR) is 179 cm³/mol. The molecule has 0 aliphatic heterocycles. The minimum absolute atomic E-state index is 0.156. The summed E-state index contributed by atoms with van der Waals surface area (Å²) in [5, 5.41) is 34.0. The van der Waals surface area contributed by atoms with E-state index in [1.807, 2.05) is 13.0 Å². The normalized spacial score (nSPS) is 12.8. The molecule has 2 unspecified atom stereocenters. The van der Waals surface area contributed by atoms with E-state index >= 15 is 0 Å². The summed E-state index contributed by atoms with van der Waals surface area (Å²) in [6.45, 7) is 23.9. The molecule has 13 heteroatoms. The highest BCUT2D eigenvalue weighted by Crippen LogP contribution is 2.23. The lowest BCUT2D eigenvalue weighted by molar-refractivity contribution is -0.120. The number of aryl methyl sites for hydroxylation is 2. The third-order valence-electron chi connectivity index (χ3n) is 6.98. The molecule has 2 amide bonds. The number of rotatable bonds is 22. The molecule has 0 aromatic carbocycles. The second kappa shape index (κ2) is 19.7. The van der Waals surface area contributed by atoms with Gasteiger partial charge in [0.2, 0.25) is 22.1 Å². The van der Waals surface area contributed by atoms with Crippen LogP contribution in [0.4, 0.5) is 10.3 Å². The lowest BCUT2D eigenvalue weighted by Crippen LogP contribution is -2.28. The maximum atomic E-state index is 13.2. The van der Waals surface area contributed by atoms with Crippen LogP contribution in [0, 0.1) is 11.8 Å². The Morgan fingerprint density at radius 1 is 0.932 bits per heavy atom. The number of aliphatic hydroxyl groups is 1. The highest BCUT2D eigenvalue weighted by Gasteiger charge is 2.24. The number of hydrogen-bond acceptors (Lipinski definition) is 11. The molecule has 44 heavy (non-hydrogen) atoms. The van der Waals surface area contributed by atoms with E-state index in [9.17, 15) is 14.7 Å². The molecule has 0 aliphatic carbocycles. The van der Waals surface area contributed by atoms with E-state index in [1.165, 1.54) is 28.7 Å². The zero-order valence-electron chi connectivity index (χ0n) is 26.0. The zero-order valence-corrected chi connectivity index (χ0v) is 27.6. The third-order valence-corrected chi connectivity index (χ3v) is 8.77. The molecule has 240 valence electrons. The van der Waals surface area contributed by atoms with Gasteiger partial charge >= 0.3 is 0 Å². The summed E-state index contributed by atoms with van der Waals surface area (Å²) in [5.74, 6) is -1.34. The second-order valence-electron chi connectivity index (χ2n) is 9.87. The van der Waals surface area contributed by atoms with Crippen LogP contribution >= 0.6 is 22.7 Å². The first-order chi connectivity index (χ1) is 21.2. The summed E-state index contributed by atoms with van der Waals surface area (Å²) < 4.78 is 5.89. The van der Waals surface area contributed by atoms with Gasteiger partial charge in [-0.2, -0.15) is 0 Å². The number of anilines is 2. The van der Waals surface area contributed by atoms with E-state index in [0.717, 1.165) is 48.1 Å². The summed E-state index contributed by atoms with van der Waals surface area (Å²) >= 11 is 2.63. The molecule has 0 radical (unpaired) electrons. The molecule has 2 aromatic heterocycles. The first kappa shape index (κ1) is 36.7. The minimum atomic E-state index is -0.777. The van der Waals surface area contributed by atoms with Gasteiger partial charge in [0.15, 0.2) is 0 Å². The van der Waals surface area contributed by atoms with Crippen LogP contribution in [0.1, 0.15) is 50.0 Å². The highest BCUT2D eigenvalue weighted by molar-refractivity contribution is 7.15. The topological polar surface area (TPSA) is 142 Å². The third kappa shape index (κ3) is 11.9. The second-order valence-corrected chi connectivity index (χ2v) is 12.0. The van der Waals surface area contributed by atoms with Gasteiger partial charge in [-0.15, -0.1) is 20.4 Å². The molecular formula is C31H45N7O4S2. The van der Waals surface area contributed by atoms with E-state index in [2.05, 4.69) is 76.1 Å². The van der Waals surface area contributed by atoms with Gasteiger partial charge in [0.05, 0.1) is 24.2 Å². The molecule has 2 rings (SSSR count). The number of aromatic nitrogens is 4. The fourth-order valence-electron chi connectivity index (χ4n) is 4.14. The lowest BCUT2D eigenvalue weighted by Gasteiger charge is -2.21. The number of ether oxygens (including phenoxy) is 1. The van der Waals surface area contributed by atoms with E-state index in [1.54, 1.807) is 6.08 Å². The first-order valence-corrected chi connectivity index (χ1v) is 16.3. The number of unbranched alkanes of at least 4 members (excludes halogenated alkanes) is 1. The van der Waals surface area contributed by atoms with E-state index in [0.29, 0.717) is 40.9 Å². The van der Waals surface area contributed by atoms with Crippen LogP contribution in [0.3, 0.4) is 0 Å². The van der Waals surface area contributed by atoms with Crippen molar-refractivity contribution in [1.29, 1.82) is 0 Å². The molecule has 2 aromatic rings. The van der Waals surface area contributed by atoms with Crippen LogP contribution in [0.5, 0.6) is 0 Å². The van der Waals surface area contributed by atoms with Gasteiger partial charge in [-0.3, -0.25) is 20.2 Å². The van der Waals surface area contributed by atoms with Crippen LogP contribution < -0.4 is 10.6 Å². The number of carbonyl (C=O) groups excluding carboxylic acids is 2. The Hall–Kier alpha value is -3.52. The van der Waals surface area contributed by atoms with Crippen molar-refractivity contribution in [2.75, 3.05) is 43.5 Å². The molecule has 0 aliphatic rings. The molecule has 2 heterocycles. The molecule has 0 saturated heterocycles. The standard InChI is InChI=1S/C31H45N7O4S2/c1-8-21(6)24(19-39)28(40)32-30-36-34-26(43-30)15-13-14-16-27-35-37-31(44-27)33-29(41)25(23(9-2)10-3)20-42-22(7)17-18-38(11-4)12-5/h8-10,24-25,39H,1-2,6-7,11-20H2,3-5H3,(H,32,36,40)(H,33,37,41)/b23-10+.